The molecular formula is C17H26N6O5. The third kappa shape index (κ3) is 8.94. The van der Waals surface area contributed by atoms with Crippen LogP contribution in [0.25, 0.3) is 0 Å². The van der Waals surface area contributed by atoms with E-state index in [-0.39, 0.29) is 25.4 Å². The predicted molar refractivity (Wildman–Crippen MR) is 99.8 cm³/mol. The minimum Gasteiger partial charge on any atom is -0.483 e. The van der Waals surface area contributed by atoms with Gasteiger partial charge in [0.2, 0.25) is 5.91 Å². The molecule has 0 bridgehead atoms. The molecule has 3 rings (SSSR count). The van der Waals surface area contributed by atoms with Crippen molar-refractivity contribution in [1.82, 2.24) is 30.4 Å². The number of amides is 1. The van der Waals surface area contributed by atoms with Gasteiger partial charge in [-0.2, -0.15) is 5.10 Å². The first-order valence-corrected chi connectivity index (χ1v) is 8.78. The molecule has 1 unspecified atom stereocenters. The molecule has 1 aliphatic heterocycles. The number of piperidine rings is 1. The standard InChI is InChI=1S/C15H22N6O.2CH2O2/c22-15(18-6-3-13-9-17-11-19-13)10-21-7-4-14(20-21)12-2-1-5-16-8-12;2*2-1-3/h4,7,9,11-12,16H,1-3,5-6,8,10H2,(H,17,19)(H,18,22);2*1H,(H,2,3). The lowest BCUT2D eigenvalue weighted by atomic mass is 9.97. The van der Waals surface area contributed by atoms with E-state index in [2.05, 4.69) is 25.7 Å². The maximum Gasteiger partial charge on any atom is 0.290 e. The third-order valence-corrected chi connectivity index (χ3v) is 3.95. The quantitative estimate of drug-likeness (QED) is 0.422. The fraction of sp³-hybridized carbons (Fsp3) is 0.471. The van der Waals surface area contributed by atoms with Gasteiger partial charge in [-0.05, 0) is 25.5 Å². The summed E-state index contributed by atoms with van der Waals surface area (Å²) in [5.41, 5.74) is 2.10. The van der Waals surface area contributed by atoms with Gasteiger partial charge in [-0.15, -0.1) is 0 Å². The van der Waals surface area contributed by atoms with Gasteiger partial charge in [0.1, 0.15) is 6.54 Å². The lowest BCUT2D eigenvalue weighted by molar-refractivity contribution is -0.123. The van der Waals surface area contributed by atoms with Crippen molar-refractivity contribution in [2.45, 2.75) is 31.7 Å². The Balaban J connectivity index is 0.000000582. The van der Waals surface area contributed by atoms with Crippen LogP contribution in [0, 0.1) is 0 Å². The zero-order valence-corrected chi connectivity index (χ0v) is 15.5. The Morgan fingerprint density at radius 3 is 2.71 bits per heavy atom. The minimum absolute atomic E-state index is 0.0177. The Morgan fingerprint density at radius 1 is 1.36 bits per heavy atom. The van der Waals surface area contributed by atoms with E-state index in [9.17, 15) is 4.79 Å². The number of imidazole rings is 1. The normalized spacial score (nSPS) is 15.2. The molecule has 0 radical (unpaired) electrons. The van der Waals surface area contributed by atoms with Crippen LogP contribution in [0.3, 0.4) is 0 Å². The molecule has 5 N–H and O–H groups in total. The Bertz CT molecular complexity index is 676. The summed E-state index contributed by atoms with van der Waals surface area (Å²) in [6.45, 7) is 2.44. The molecule has 3 heterocycles. The summed E-state index contributed by atoms with van der Waals surface area (Å²) in [5, 5.41) is 24.6. The molecule has 28 heavy (non-hydrogen) atoms. The van der Waals surface area contributed by atoms with Crippen molar-refractivity contribution in [2.75, 3.05) is 19.6 Å². The molecule has 0 aromatic carbocycles. The van der Waals surface area contributed by atoms with E-state index < -0.39 is 0 Å². The van der Waals surface area contributed by atoms with E-state index in [4.69, 9.17) is 19.8 Å². The first kappa shape index (κ1) is 22.8. The van der Waals surface area contributed by atoms with Crippen molar-refractivity contribution in [3.63, 3.8) is 0 Å². The molecule has 1 atom stereocenters. The van der Waals surface area contributed by atoms with E-state index in [1.165, 1.54) is 12.8 Å². The highest BCUT2D eigenvalue weighted by Gasteiger charge is 2.17. The summed E-state index contributed by atoms with van der Waals surface area (Å²) >= 11 is 0. The summed E-state index contributed by atoms with van der Waals surface area (Å²) in [6.07, 6.45) is 8.40. The number of carbonyl (C=O) groups is 3. The largest absolute Gasteiger partial charge is 0.483 e. The van der Waals surface area contributed by atoms with Gasteiger partial charge in [-0.3, -0.25) is 19.1 Å². The van der Waals surface area contributed by atoms with Crippen LogP contribution in [0.5, 0.6) is 0 Å². The Labute approximate surface area is 162 Å². The fourth-order valence-corrected chi connectivity index (χ4v) is 2.75. The van der Waals surface area contributed by atoms with Gasteiger partial charge in [-0.1, -0.05) is 0 Å². The summed E-state index contributed by atoms with van der Waals surface area (Å²) in [7, 11) is 0. The molecular weight excluding hydrogens is 368 g/mol. The second-order valence-corrected chi connectivity index (χ2v) is 5.87. The number of aromatic amines is 1. The molecule has 0 saturated carbocycles. The lowest BCUT2D eigenvalue weighted by Crippen LogP contribution is -2.30. The average molecular weight is 394 g/mol. The van der Waals surface area contributed by atoms with E-state index in [0.29, 0.717) is 12.5 Å². The molecule has 2 aromatic rings. The van der Waals surface area contributed by atoms with Crippen LogP contribution in [-0.2, 0) is 27.3 Å². The summed E-state index contributed by atoms with van der Waals surface area (Å²) in [6, 6.07) is 2.02. The lowest BCUT2D eigenvalue weighted by Gasteiger charge is -2.20. The van der Waals surface area contributed by atoms with E-state index in [1.807, 2.05) is 12.3 Å². The van der Waals surface area contributed by atoms with Gasteiger partial charge in [0.15, 0.2) is 0 Å². The van der Waals surface area contributed by atoms with Crippen LogP contribution in [0.1, 0.15) is 30.1 Å². The molecule has 1 fully saturated rings. The van der Waals surface area contributed by atoms with Crippen LogP contribution in [0.15, 0.2) is 24.8 Å². The molecule has 0 aliphatic carbocycles. The smallest absolute Gasteiger partial charge is 0.290 e. The number of hydrogen-bond donors (Lipinski definition) is 5. The van der Waals surface area contributed by atoms with E-state index in [0.717, 1.165) is 30.9 Å². The topological polar surface area (TPSA) is 162 Å². The molecule has 0 spiro atoms. The highest BCUT2D eigenvalue weighted by molar-refractivity contribution is 5.75. The molecule has 11 heteroatoms. The number of nitrogens with zero attached hydrogens (tertiary/aromatic N) is 3. The van der Waals surface area contributed by atoms with E-state index in [1.54, 1.807) is 17.2 Å². The third-order valence-electron chi connectivity index (χ3n) is 3.95. The highest BCUT2D eigenvalue weighted by Crippen LogP contribution is 2.21. The Kier molecular flexibility index (Phi) is 11.4. The van der Waals surface area contributed by atoms with Crippen molar-refractivity contribution in [2.24, 2.45) is 0 Å². The van der Waals surface area contributed by atoms with Gasteiger partial charge in [0.25, 0.3) is 12.9 Å². The van der Waals surface area contributed by atoms with Crippen molar-refractivity contribution >= 4 is 18.9 Å². The van der Waals surface area contributed by atoms with Gasteiger partial charge in [0, 0.05) is 43.5 Å². The predicted octanol–water partition coefficient (Wildman–Crippen LogP) is -0.166. The van der Waals surface area contributed by atoms with Crippen LogP contribution in [0.2, 0.25) is 0 Å². The van der Waals surface area contributed by atoms with Crippen LogP contribution in [-0.4, -0.2) is 68.4 Å². The van der Waals surface area contributed by atoms with Crippen molar-refractivity contribution < 1.29 is 24.6 Å². The van der Waals surface area contributed by atoms with Gasteiger partial charge >= 0.3 is 0 Å². The number of hydrogen-bond acceptors (Lipinski definition) is 6. The van der Waals surface area contributed by atoms with Crippen molar-refractivity contribution in [1.29, 1.82) is 0 Å². The van der Waals surface area contributed by atoms with Crippen molar-refractivity contribution in [3.05, 3.63) is 36.2 Å². The van der Waals surface area contributed by atoms with Crippen molar-refractivity contribution in [3.8, 4) is 0 Å². The maximum atomic E-state index is 11.9. The molecule has 1 amide bonds. The molecule has 1 saturated heterocycles. The summed E-state index contributed by atoms with van der Waals surface area (Å²) in [5.74, 6) is 0.453. The number of carboxylic acid groups (broad SMARTS) is 2. The van der Waals surface area contributed by atoms with Gasteiger partial charge in [-0.25, -0.2) is 4.98 Å². The molecule has 154 valence electrons. The first-order chi connectivity index (χ1) is 13.6. The Hall–Kier alpha value is -3.21. The van der Waals surface area contributed by atoms with Crippen LogP contribution in [0.4, 0.5) is 0 Å². The second-order valence-electron chi connectivity index (χ2n) is 5.87. The SMILES string of the molecule is O=C(Cn1ccc(C2CCCNC2)n1)NCCc1cnc[nH]1.O=CO.O=CO. The van der Waals surface area contributed by atoms with Crippen LogP contribution < -0.4 is 10.6 Å². The van der Waals surface area contributed by atoms with E-state index >= 15 is 0 Å². The first-order valence-electron chi connectivity index (χ1n) is 8.78. The average Bonchev–Trinajstić information content (AvgIpc) is 3.36. The highest BCUT2D eigenvalue weighted by atomic mass is 16.3. The number of carbonyl (C=O) groups excluding carboxylic acids is 1. The zero-order chi connectivity index (χ0) is 20.6. The summed E-state index contributed by atoms with van der Waals surface area (Å²) in [4.78, 5) is 35.6. The maximum absolute atomic E-state index is 11.9. The van der Waals surface area contributed by atoms with Gasteiger partial charge in [0.05, 0.1) is 12.0 Å². The summed E-state index contributed by atoms with van der Waals surface area (Å²) < 4.78 is 1.72. The number of rotatable bonds is 6. The second kappa shape index (κ2) is 13.9. The number of nitrogens with one attached hydrogen (secondary N) is 3. The van der Waals surface area contributed by atoms with Gasteiger partial charge < -0.3 is 25.8 Å². The number of H-pyrrole nitrogens is 1. The molecule has 1 aliphatic rings. The molecule has 2 aromatic heterocycles. The molecule has 11 nitrogen and oxygen atoms in total. The monoisotopic (exact) mass is 394 g/mol. The minimum atomic E-state index is -0.250. The van der Waals surface area contributed by atoms with Crippen LogP contribution >= 0.6 is 0 Å². The number of aromatic nitrogens is 4. The fourth-order valence-electron chi connectivity index (χ4n) is 2.75. The Morgan fingerprint density at radius 2 is 2.11 bits per heavy atom. The zero-order valence-electron chi connectivity index (χ0n) is 15.5.